The van der Waals surface area contributed by atoms with Crippen LogP contribution in [0.5, 0.6) is 0 Å². The van der Waals surface area contributed by atoms with Gasteiger partial charge in [0.1, 0.15) is 19.7 Å². The second-order valence-electron chi connectivity index (χ2n) is 5.20. The number of sulfone groups is 2. The van der Waals surface area contributed by atoms with Gasteiger partial charge in [0.2, 0.25) is 0 Å². The Morgan fingerprint density at radius 3 is 1.95 bits per heavy atom. The summed E-state index contributed by atoms with van der Waals surface area (Å²) in [6.07, 6.45) is 4.44. The van der Waals surface area contributed by atoms with Gasteiger partial charge in [-0.3, -0.25) is 4.90 Å². The first-order chi connectivity index (χ1) is 8.66. The predicted octanol–water partition coefficient (Wildman–Crippen LogP) is -0.443. The van der Waals surface area contributed by atoms with Crippen molar-refractivity contribution in [1.29, 1.82) is 0 Å². The van der Waals surface area contributed by atoms with Gasteiger partial charge in [0, 0.05) is 38.8 Å². The zero-order valence-corrected chi connectivity index (χ0v) is 13.2. The quantitative estimate of drug-likeness (QED) is 0.604. The maximum Gasteiger partial charge on any atom is 0.148 e. The molecule has 0 aromatic rings. The Morgan fingerprint density at radius 1 is 1.05 bits per heavy atom. The largest absolute Gasteiger partial charge is 0.377 e. The number of ether oxygens (including phenoxy) is 1. The summed E-state index contributed by atoms with van der Waals surface area (Å²) in [7, 11) is -6.08. The van der Waals surface area contributed by atoms with Gasteiger partial charge in [-0.1, -0.05) is 0 Å². The third kappa shape index (κ3) is 8.56. The standard InChI is InChI=1S/C11H23NO5S2/c1-18(13,14)8-5-12(6-9-19(2,15)16)10-11-4-3-7-17-11/h11H,3-10H2,1-2H3. The van der Waals surface area contributed by atoms with E-state index in [-0.39, 0.29) is 17.6 Å². The molecular formula is C11H23NO5S2. The summed E-state index contributed by atoms with van der Waals surface area (Å²) in [6.45, 7) is 2.05. The highest BCUT2D eigenvalue weighted by atomic mass is 32.2. The average Bonchev–Trinajstić information content (AvgIpc) is 2.72. The SMILES string of the molecule is CS(=O)(=O)CCN(CCS(C)(=O)=O)CC1CCCO1. The highest BCUT2D eigenvalue weighted by Gasteiger charge is 2.20. The van der Waals surface area contributed by atoms with Crippen LogP contribution in [0.4, 0.5) is 0 Å². The molecule has 0 N–H and O–H groups in total. The van der Waals surface area contributed by atoms with E-state index in [0.717, 1.165) is 19.4 Å². The van der Waals surface area contributed by atoms with Crippen molar-refractivity contribution in [2.75, 3.05) is 50.3 Å². The van der Waals surface area contributed by atoms with Gasteiger partial charge in [-0.25, -0.2) is 16.8 Å². The van der Waals surface area contributed by atoms with Crippen LogP contribution in [-0.2, 0) is 24.4 Å². The maximum atomic E-state index is 11.2. The molecule has 1 atom stereocenters. The van der Waals surface area contributed by atoms with E-state index in [1.807, 2.05) is 4.90 Å². The molecule has 1 fully saturated rings. The van der Waals surface area contributed by atoms with Crippen molar-refractivity contribution < 1.29 is 21.6 Å². The average molecular weight is 313 g/mol. The molecule has 0 aromatic carbocycles. The molecule has 1 heterocycles. The Bertz CT molecular complexity index is 429. The molecule has 0 saturated carbocycles. The maximum absolute atomic E-state index is 11.2. The van der Waals surface area contributed by atoms with E-state index in [1.165, 1.54) is 12.5 Å². The molecule has 0 amide bonds. The normalized spacial score (nSPS) is 21.1. The van der Waals surface area contributed by atoms with Crippen molar-refractivity contribution in [3.05, 3.63) is 0 Å². The molecule has 1 aliphatic rings. The summed E-state index contributed by atoms with van der Waals surface area (Å²) in [5, 5.41) is 0. The fourth-order valence-electron chi connectivity index (χ4n) is 1.96. The highest BCUT2D eigenvalue weighted by Crippen LogP contribution is 2.13. The predicted molar refractivity (Wildman–Crippen MR) is 74.8 cm³/mol. The minimum absolute atomic E-state index is 0.0451. The Hall–Kier alpha value is -0.180. The zero-order valence-electron chi connectivity index (χ0n) is 11.5. The molecule has 8 heteroatoms. The molecule has 0 aromatic heterocycles. The van der Waals surface area contributed by atoms with Crippen molar-refractivity contribution in [1.82, 2.24) is 4.90 Å². The summed E-state index contributed by atoms with van der Waals surface area (Å²) in [6, 6.07) is 0. The van der Waals surface area contributed by atoms with E-state index in [1.54, 1.807) is 0 Å². The summed E-state index contributed by atoms with van der Waals surface area (Å²) in [4.78, 5) is 1.87. The van der Waals surface area contributed by atoms with Crippen molar-refractivity contribution in [2.24, 2.45) is 0 Å². The van der Waals surface area contributed by atoms with E-state index in [9.17, 15) is 16.8 Å². The second-order valence-corrected chi connectivity index (χ2v) is 9.71. The highest BCUT2D eigenvalue weighted by molar-refractivity contribution is 7.90. The molecular weight excluding hydrogens is 290 g/mol. The van der Waals surface area contributed by atoms with Crippen molar-refractivity contribution in [3.63, 3.8) is 0 Å². The lowest BCUT2D eigenvalue weighted by molar-refractivity contribution is 0.0770. The minimum Gasteiger partial charge on any atom is -0.377 e. The van der Waals surface area contributed by atoms with Gasteiger partial charge < -0.3 is 4.74 Å². The fourth-order valence-corrected chi connectivity index (χ4v) is 3.14. The lowest BCUT2D eigenvalue weighted by Crippen LogP contribution is -2.38. The first-order valence-electron chi connectivity index (χ1n) is 6.35. The van der Waals surface area contributed by atoms with E-state index in [4.69, 9.17) is 4.74 Å². The van der Waals surface area contributed by atoms with Gasteiger partial charge in [0.15, 0.2) is 0 Å². The first kappa shape index (κ1) is 16.9. The molecule has 1 saturated heterocycles. The Labute approximate surface area is 116 Å². The Kier molecular flexibility index (Phi) is 6.22. The topological polar surface area (TPSA) is 80.8 Å². The summed E-state index contributed by atoms with van der Waals surface area (Å²) in [5.74, 6) is 0.0902. The molecule has 0 bridgehead atoms. The molecule has 19 heavy (non-hydrogen) atoms. The summed E-state index contributed by atoms with van der Waals surface area (Å²) in [5.41, 5.74) is 0. The monoisotopic (exact) mass is 313 g/mol. The molecule has 114 valence electrons. The van der Waals surface area contributed by atoms with Crippen LogP contribution in [0.2, 0.25) is 0 Å². The van der Waals surface area contributed by atoms with E-state index >= 15 is 0 Å². The van der Waals surface area contributed by atoms with Gasteiger partial charge >= 0.3 is 0 Å². The molecule has 0 radical (unpaired) electrons. The van der Waals surface area contributed by atoms with Crippen molar-refractivity contribution in [2.45, 2.75) is 18.9 Å². The van der Waals surface area contributed by atoms with Crippen molar-refractivity contribution in [3.8, 4) is 0 Å². The summed E-state index contributed by atoms with van der Waals surface area (Å²) >= 11 is 0. The number of rotatable bonds is 8. The van der Waals surface area contributed by atoms with E-state index < -0.39 is 19.7 Å². The third-order valence-corrected chi connectivity index (χ3v) is 4.89. The summed E-state index contributed by atoms with van der Waals surface area (Å²) < 4.78 is 50.3. The molecule has 6 nitrogen and oxygen atoms in total. The number of hydrogen-bond acceptors (Lipinski definition) is 6. The van der Waals surface area contributed by atoms with Gasteiger partial charge in [-0.15, -0.1) is 0 Å². The van der Waals surface area contributed by atoms with Crippen LogP contribution in [0.25, 0.3) is 0 Å². The Balaban J connectivity index is 2.50. The van der Waals surface area contributed by atoms with Gasteiger partial charge in [-0.2, -0.15) is 0 Å². The van der Waals surface area contributed by atoms with E-state index in [2.05, 4.69) is 0 Å². The Morgan fingerprint density at radius 2 is 1.58 bits per heavy atom. The van der Waals surface area contributed by atoms with Crippen LogP contribution in [0.15, 0.2) is 0 Å². The first-order valence-corrected chi connectivity index (χ1v) is 10.5. The van der Waals surface area contributed by atoms with Gasteiger partial charge in [0.05, 0.1) is 17.6 Å². The third-order valence-electron chi connectivity index (χ3n) is 3.04. The van der Waals surface area contributed by atoms with Crippen LogP contribution >= 0.6 is 0 Å². The minimum atomic E-state index is -3.04. The number of hydrogen-bond donors (Lipinski definition) is 0. The second kappa shape index (κ2) is 7.01. The van der Waals surface area contributed by atoms with Crippen molar-refractivity contribution >= 4 is 19.7 Å². The van der Waals surface area contributed by atoms with Crippen LogP contribution in [0, 0.1) is 0 Å². The smallest absolute Gasteiger partial charge is 0.148 e. The lowest BCUT2D eigenvalue weighted by Gasteiger charge is -2.24. The van der Waals surface area contributed by atoms with Crippen LogP contribution in [0.1, 0.15) is 12.8 Å². The van der Waals surface area contributed by atoms with Crippen LogP contribution in [0.3, 0.4) is 0 Å². The molecule has 1 rings (SSSR count). The lowest BCUT2D eigenvalue weighted by atomic mass is 10.2. The molecule has 1 aliphatic heterocycles. The molecule has 0 aliphatic carbocycles. The molecule has 0 spiro atoms. The van der Waals surface area contributed by atoms with Gasteiger partial charge in [0.25, 0.3) is 0 Å². The molecule has 1 unspecified atom stereocenters. The van der Waals surface area contributed by atoms with Crippen LogP contribution < -0.4 is 0 Å². The van der Waals surface area contributed by atoms with Gasteiger partial charge in [-0.05, 0) is 12.8 Å². The number of nitrogens with zero attached hydrogens (tertiary/aromatic N) is 1. The fraction of sp³-hybridized carbons (Fsp3) is 1.00. The van der Waals surface area contributed by atoms with Crippen LogP contribution in [-0.4, -0.2) is 78.1 Å². The van der Waals surface area contributed by atoms with E-state index in [0.29, 0.717) is 19.6 Å². The zero-order chi connectivity index (χ0) is 14.5.